The van der Waals surface area contributed by atoms with E-state index in [-0.39, 0.29) is 107 Å². The number of likely N-dealkylation sites (tertiary alicyclic amines) is 1. The fourth-order valence-electron chi connectivity index (χ4n) is 16.3. The number of halogens is 1. The van der Waals surface area contributed by atoms with Crippen molar-refractivity contribution in [3.63, 3.8) is 0 Å². The number of nitrogens with zero attached hydrogens (tertiary/aromatic N) is 6. The summed E-state index contributed by atoms with van der Waals surface area (Å²) < 4.78 is 38.6. The Bertz CT molecular complexity index is 4660. The van der Waals surface area contributed by atoms with Gasteiger partial charge in [-0.1, -0.05) is 117 Å². The topological polar surface area (TPSA) is 474 Å². The maximum Gasteiger partial charge on any atom is 0.410 e. The van der Waals surface area contributed by atoms with E-state index in [0.717, 1.165) is 11.3 Å². The third-order valence-electron chi connectivity index (χ3n) is 23.5. The minimum Gasteiger partial charge on any atom is -0.445 e. The molecule has 0 aliphatic carbocycles. The van der Waals surface area contributed by atoms with E-state index < -0.39 is 138 Å². The lowest BCUT2D eigenvalue weighted by atomic mass is 9.89. The molecule has 0 radical (unpaired) electrons. The van der Waals surface area contributed by atoms with Crippen molar-refractivity contribution in [1.82, 2.24) is 61.6 Å². The summed E-state index contributed by atoms with van der Waals surface area (Å²) >= 11 is 0. The molecule has 0 spiro atoms. The maximum atomic E-state index is 15.1. The number of fused-ring (bicyclic) bond motifs is 1. The Kier molecular flexibility index (Phi) is 37.9. The fraction of sp³-hybridized carbons (Fsp3) is 0.549. The number of imidazole rings is 1. The lowest BCUT2D eigenvalue weighted by Gasteiger charge is -2.41. The molecule has 16 N–H and O–H groups in total. The Morgan fingerprint density at radius 3 is 2.02 bits per heavy atom. The number of ether oxygens (including phenoxy) is 4. The van der Waals surface area contributed by atoms with Crippen LogP contribution in [0.1, 0.15) is 167 Å². The van der Waals surface area contributed by atoms with Gasteiger partial charge < -0.3 is 103 Å². The van der Waals surface area contributed by atoms with Crippen LogP contribution in [-0.4, -0.2) is 241 Å². The quantitative estimate of drug-likeness (QED) is 0.0163. The number of amides is 12. The summed E-state index contributed by atoms with van der Waals surface area (Å²) in [5.74, 6) is -6.23. The number of carbonyl (C=O) groups excluding carboxylic acids is 11. The smallest absolute Gasteiger partial charge is 0.410 e. The molecule has 0 saturated carbocycles. The van der Waals surface area contributed by atoms with Gasteiger partial charge in [-0.15, -0.1) is 0 Å². The first-order chi connectivity index (χ1) is 59.9. The van der Waals surface area contributed by atoms with Gasteiger partial charge in [0.05, 0.1) is 84.3 Å². The van der Waals surface area contributed by atoms with E-state index in [1.54, 1.807) is 133 Å². The number of hydrogen-bond donors (Lipinski definition) is 13. The molecule has 2 aromatic heterocycles. The monoisotopic (exact) mass is 1750 g/mol. The summed E-state index contributed by atoms with van der Waals surface area (Å²) in [4.78, 5) is 170. The second-order valence-corrected chi connectivity index (χ2v) is 34.0. The third-order valence-corrected chi connectivity index (χ3v) is 23.5. The predicted molar refractivity (Wildman–Crippen MR) is 478 cm³/mol. The van der Waals surface area contributed by atoms with E-state index in [4.69, 9.17) is 46.1 Å². The van der Waals surface area contributed by atoms with Crippen LogP contribution in [0.15, 0.2) is 97.2 Å². The first kappa shape index (κ1) is 100. The average Bonchev–Trinajstić information content (AvgIpc) is 1.43. The van der Waals surface area contributed by atoms with Crippen LogP contribution in [0.25, 0.3) is 33.5 Å². The zero-order valence-corrected chi connectivity index (χ0v) is 75.3. The van der Waals surface area contributed by atoms with Crippen LogP contribution >= 0.6 is 0 Å². The maximum absolute atomic E-state index is 15.1. The number of anilines is 3. The number of hydrogen-bond acceptors (Lipinski definition) is 21. The number of aromatic nitrogens is 3. The Labute approximate surface area is 737 Å². The van der Waals surface area contributed by atoms with Crippen molar-refractivity contribution in [2.24, 2.45) is 46.8 Å². The third kappa shape index (κ3) is 27.6. The molecule has 2 saturated heterocycles. The number of primary amides is 2. The summed E-state index contributed by atoms with van der Waals surface area (Å²) in [6.07, 6.45) is 1.58. The Hall–Kier alpha value is -11.4. The number of nitrogens with two attached hydrogens (primary N) is 3. The van der Waals surface area contributed by atoms with E-state index in [0.29, 0.717) is 108 Å². The van der Waals surface area contributed by atoms with E-state index in [1.165, 1.54) is 38.3 Å². The van der Waals surface area contributed by atoms with Gasteiger partial charge in [-0.2, -0.15) is 0 Å². The first-order valence-electron chi connectivity index (χ1n) is 43.5. The largest absolute Gasteiger partial charge is 0.445 e. The molecule has 6 aromatic rings. The summed E-state index contributed by atoms with van der Waals surface area (Å²) in [7, 11) is 6.06. The van der Waals surface area contributed by atoms with Crippen molar-refractivity contribution in [3.8, 4) is 22.5 Å². The number of likely N-dealkylation sites (N-methyl/N-ethyl adjacent to an activating group) is 2. The number of methoxy groups -OCH3 is 2. The lowest BCUT2D eigenvalue weighted by Crippen LogP contribution is -2.60. The molecule has 12 atom stereocenters. The van der Waals surface area contributed by atoms with Crippen LogP contribution in [0.5, 0.6) is 0 Å². The fourth-order valence-corrected chi connectivity index (χ4v) is 16.3. The number of nitrogens with one attached hydrogen (secondary N) is 9. The number of carbonyl (C=O) groups is 11. The molecular weight excluding hydrogens is 1620 g/mol. The zero-order valence-electron chi connectivity index (χ0n) is 75.3. The second-order valence-electron chi connectivity index (χ2n) is 34.0. The molecule has 0 bridgehead atoms. The number of benzene rings is 4. The number of rotatable bonds is 46. The minimum atomic E-state index is -1.18. The summed E-state index contributed by atoms with van der Waals surface area (Å²) in [6, 6.07) is 18.1. The molecule has 2 fully saturated rings. The summed E-state index contributed by atoms with van der Waals surface area (Å²) in [6.45, 7) is 21.4. The van der Waals surface area contributed by atoms with E-state index in [1.807, 2.05) is 45.0 Å². The second kappa shape index (κ2) is 47.8. The number of pyridine rings is 1. The first-order valence-corrected chi connectivity index (χ1v) is 43.5. The Morgan fingerprint density at radius 1 is 0.714 bits per heavy atom. The van der Waals surface area contributed by atoms with Crippen LogP contribution in [0.3, 0.4) is 0 Å². The molecule has 2 aliphatic heterocycles. The van der Waals surface area contributed by atoms with Crippen molar-refractivity contribution in [2.75, 3.05) is 96.3 Å². The molecule has 2 aliphatic rings. The van der Waals surface area contributed by atoms with Crippen molar-refractivity contribution in [1.29, 1.82) is 0 Å². The molecule has 34 nitrogen and oxygen atoms in total. The van der Waals surface area contributed by atoms with Crippen LogP contribution in [0.2, 0.25) is 0 Å². The summed E-state index contributed by atoms with van der Waals surface area (Å²) in [5.41, 5.74) is 23.5. The number of aryl methyl sites for hydroxylation is 1. The Morgan fingerprint density at radius 2 is 1.40 bits per heavy atom. The molecular formula is C91H131FN18O16. The zero-order chi connectivity index (χ0) is 92.3. The van der Waals surface area contributed by atoms with Gasteiger partial charge in [0.1, 0.15) is 48.2 Å². The highest BCUT2D eigenvalue weighted by molar-refractivity contribution is 6.01. The molecule has 688 valence electrons. The van der Waals surface area contributed by atoms with Gasteiger partial charge in [-0.25, -0.2) is 23.9 Å². The average molecular weight is 1750 g/mol. The SMILES string of the molecule is CC[C@@H](C)[C@H]([C@H](CC(=O)N1CCC[C@@H]1[C@@H](OC)[C@H](C)C(=O)N[C@@H](C)[C@H](O)c1ccccc1)OC)N(C)C(=O)C(NC(=O)[C@@H](C(C)C)N(C)C(=O)OCc1ccc(NC(=O)[C@H](CCCNC(N)=O)NC(=O)[C@@H](NC(=O)CCOCCC(=O)NCCNc2ncc(-c3cc(C)cc(F)c3)c(N3CCC(N)CC3)c2-c2nc3ccc(C(N)=O)cc3[nH]2)C(C)C)cc1)C(C)C. The van der Waals surface area contributed by atoms with Gasteiger partial charge in [0.15, 0.2) is 0 Å². The highest BCUT2D eigenvalue weighted by Crippen LogP contribution is 2.44. The number of aromatic amines is 1. The molecule has 126 heavy (non-hydrogen) atoms. The van der Waals surface area contributed by atoms with Gasteiger partial charge in [-0.3, -0.25) is 48.1 Å². The van der Waals surface area contributed by atoms with E-state index in [2.05, 4.69) is 52.4 Å². The highest BCUT2D eigenvalue weighted by atomic mass is 19.1. The van der Waals surface area contributed by atoms with Gasteiger partial charge in [0.2, 0.25) is 53.2 Å². The van der Waals surface area contributed by atoms with Crippen molar-refractivity contribution in [2.45, 2.75) is 214 Å². The van der Waals surface area contributed by atoms with Crippen molar-refractivity contribution < 1.29 is 81.2 Å². The Balaban J connectivity index is 0.807. The number of urea groups is 1. The van der Waals surface area contributed by atoms with Gasteiger partial charge in [0.25, 0.3) is 0 Å². The summed E-state index contributed by atoms with van der Waals surface area (Å²) in [5, 5.41) is 33.9. The van der Waals surface area contributed by atoms with Crippen LogP contribution < -0.4 is 64.6 Å². The number of aliphatic hydroxyl groups is 1. The molecule has 12 amide bonds. The molecule has 4 aromatic carbocycles. The number of H-pyrrole nitrogens is 1. The van der Waals surface area contributed by atoms with Crippen molar-refractivity contribution in [3.05, 3.63) is 125 Å². The predicted octanol–water partition coefficient (Wildman–Crippen LogP) is 7.70. The van der Waals surface area contributed by atoms with Crippen molar-refractivity contribution >= 4 is 93.5 Å². The van der Waals surface area contributed by atoms with Gasteiger partial charge in [-0.05, 0) is 141 Å². The van der Waals surface area contributed by atoms with E-state index >= 15 is 4.39 Å². The number of aliphatic hydroxyl groups excluding tert-OH is 1. The minimum absolute atomic E-state index is 0.00389. The number of piperidine rings is 1. The highest BCUT2D eigenvalue weighted by Gasteiger charge is 2.45. The molecule has 1 unspecified atom stereocenters. The van der Waals surface area contributed by atoms with Crippen LogP contribution in [0.4, 0.5) is 31.2 Å². The van der Waals surface area contributed by atoms with Crippen LogP contribution in [0, 0.1) is 42.3 Å². The normalized spacial score (nSPS) is 16.2. The van der Waals surface area contributed by atoms with Crippen LogP contribution in [-0.2, 0) is 63.9 Å². The lowest BCUT2D eigenvalue weighted by molar-refractivity contribution is -0.148. The standard InChI is InChI=1S/C91H131FN18O16/c1-16-55(9)78(70(123-14)48-73(113)110-39-21-25-69(110)81(124-15)56(10)85(116)100-57(11)80(114)59-22-18-17-19-23-59)107(12)89(120)76(52(4)5)106-88(119)77(53(6)7)108(13)91(122)126-50-58-26-29-64(30-27-58)101-86(117)67(24-20-36-98-90(95)121)104-87(118)75(51(2)3)105-72(112)35-43-125-42-34-71(111)96-37-38-97-83-74(84-102-66-31-28-60(82(94)115)47-68(66)103-84)79(109-40-32-63(93)33-41-109)65(49-99-83)61-44-54(8)45-62(92)46-61/h17-19,22-23,26-31,44-47,49,51-53,55-57,63,67,69-70,75-78,80-81,114H,16,20-21,24-25,32-43,48,50,93H2,1-15H3,(H2,94,115)(H,96,111)(H,97,99)(H,100,116)(H,101,117)(H,102,103)(H,104,118)(H,105,112)(H,106,119)(H3,95,98,121)/t55-,56+,57+,67+,69-,70+,75+,76?,77-,78-,80+,81+/m1/s1. The van der Waals surface area contributed by atoms with Gasteiger partial charge in [0, 0.05) is 109 Å². The van der Waals surface area contributed by atoms with E-state index in [9.17, 15) is 57.8 Å². The molecule has 8 rings (SSSR count). The van der Waals surface area contributed by atoms with Gasteiger partial charge >= 0.3 is 12.1 Å². The molecule has 35 heteroatoms. The molecule has 4 heterocycles.